The average molecular weight is 611 g/mol. The lowest BCUT2D eigenvalue weighted by Crippen LogP contribution is -2.23. The summed E-state index contributed by atoms with van der Waals surface area (Å²) in [6.45, 7) is 2.10. The molecule has 0 saturated heterocycles. The number of benzene rings is 4. The van der Waals surface area contributed by atoms with E-state index in [4.69, 9.17) is 4.74 Å². The second-order valence-electron chi connectivity index (χ2n) is 10.2. The van der Waals surface area contributed by atoms with Gasteiger partial charge >= 0.3 is 6.11 Å². The van der Waals surface area contributed by atoms with Gasteiger partial charge in [0.25, 0.3) is 0 Å². The minimum absolute atomic E-state index is 0.162. The van der Waals surface area contributed by atoms with E-state index >= 15 is 0 Å². The first-order valence-corrected chi connectivity index (χ1v) is 13.8. The number of alkyl halides is 2. The van der Waals surface area contributed by atoms with Crippen LogP contribution in [0.25, 0.3) is 33.6 Å². The highest BCUT2D eigenvalue weighted by Crippen LogP contribution is 2.36. The van der Waals surface area contributed by atoms with Gasteiger partial charge < -0.3 is 4.74 Å². The lowest BCUT2D eigenvalue weighted by molar-refractivity contribution is -0.187. The molecule has 4 aromatic carbocycles. The van der Waals surface area contributed by atoms with E-state index in [0.717, 1.165) is 49.4 Å². The van der Waals surface area contributed by atoms with Crippen molar-refractivity contribution in [3.63, 3.8) is 0 Å². The van der Waals surface area contributed by atoms with Crippen molar-refractivity contribution in [2.24, 2.45) is 0 Å². The Kier molecular flexibility index (Phi) is 8.98. The molecular weight excluding hydrogens is 585 g/mol. The first-order valence-electron chi connectivity index (χ1n) is 13.8. The second kappa shape index (κ2) is 12.9. The highest BCUT2D eigenvalue weighted by atomic mass is 19.3. The van der Waals surface area contributed by atoms with Crippen LogP contribution in [-0.2, 0) is 12.5 Å². The highest BCUT2D eigenvalue weighted by Gasteiger charge is 2.38. The van der Waals surface area contributed by atoms with Gasteiger partial charge in [0.2, 0.25) is 0 Å². The molecule has 0 aliphatic carbocycles. The summed E-state index contributed by atoms with van der Waals surface area (Å²) in [4.78, 5) is 8.47. The van der Waals surface area contributed by atoms with Crippen molar-refractivity contribution in [2.75, 3.05) is 0 Å². The number of aromatic nitrogens is 2. The molecule has 5 rings (SSSR count). The first kappa shape index (κ1) is 30.7. The third-order valence-corrected chi connectivity index (χ3v) is 7.01. The summed E-state index contributed by atoms with van der Waals surface area (Å²) in [6.07, 6.45) is 3.23. The zero-order valence-electron chi connectivity index (χ0n) is 23.4. The van der Waals surface area contributed by atoms with Gasteiger partial charge in [-0.05, 0) is 77.6 Å². The number of hydrogen-bond acceptors (Lipinski definition) is 3. The van der Waals surface area contributed by atoms with Crippen LogP contribution in [0.1, 0.15) is 37.3 Å². The summed E-state index contributed by atoms with van der Waals surface area (Å²) >= 11 is 0. The second-order valence-corrected chi connectivity index (χ2v) is 10.2. The van der Waals surface area contributed by atoms with E-state index in [0.29, 0.717) is 23.3 Å². The van der Waals surface area contributed by atoms with E-state index < -0.39 is 40.8 Å². The number of aryl methyl sites for hydroxylation is 1. The molecule has 5 aromatic rings. The van der Waals surface area contributed by atoms with E-state index in [2.05, 4.69) is 16.9 Å². The number of rotatable bonds is 10. The molecule has 1 heterocycles. The molecule has 0 unspecified atom stereocenters. The molecule has 0 atom stereocenters. The van der Waals surface area contributed by atoms with Crippen LogP contribution in [0.15, 0.2) is 85.2 Å². The Balaban J connectivity index is 1.28. The SMILES string of the molecule is CCCCCc1cnc(-c2ccc(C(F)(F)Oc3ccc(-c4ccc(-c5cc(F)c(F)c(F)c5)c(F)c4)cc3)c(F)c2)nc1. The smallest absolute Gasteiger partial charge is 0.429 e. The third kappa shape index (κ3) is 6.74. The highest BCUT2D eigenvalue weighted by molar-refractivity contribution is 5.71. The molecule has 226 valence electrons. The summed E-state index contributed by atoms with van der Waals surface area (Å²) < 4.78 is 105. The number of nitrogens with zero attached hydrogens (tertiary/aromatic N) is 2. The normalized spacial score (nSPS) is 11.5. The van der Waals surface area contributed by atoms with Crippen molar-refractivity contribution in [2.45, 2.75) is 38.7 Å². The Labute approximate surface area is 249 Å². The Morgan fingerprint density at radius 1 is 0.636 bits per heavy atom. The molecule has 0 aliphatic rings. The van der Waals surface area contributed by atoms with E-state index in [1.165, 1.54) is 42.5 Å². The van der Waals surface area contributed by atoms with Crippen molar-refractivity contribution in [1.29, 1.82) is 0 Å². The van der Waals surface area contributed by atoms with Gasteiger partial charge in [0, 0.05) is 23.5 Å². The molecule has 1 aromatic heterocycles. The Hall–Kier alpha value is -4.73. The fraction of sp³-hybridized carbons (Fsp3) is 0.176. The summed E-state index contributed by atoms with van der Waals surface area (Å²) in [5.74, 6) is -6.68. The Morgan fingerprint density at radius 2 is 1.23 bits per heavy atom. The summed E-state index contributed by atoms with van der Waals surface area (Å²) in [6, 6.07) is 13.5. The van der Waals surface area contributed by atoms with Crippen molar-refractivity contribution >= 4 is 0 Å². The fourth-order valence-electron chi connectivity index (χ4n) is 4.66. The minimum atomic E-state index is -4.03. The van der Waals surface area contributed by atoms with Crippen LogP contribution < -0.4 is 4.74 Å². The zero-order chi connectivity index (χ0) is 31.4. The van der Waals surface area contributed by atoms with Crippen molar-refractivity contribution in [1.82, 2.24) is 9.97 Å². The molecule has 0 spiro atoms. The quantitative estimate of drug-likeness (QED) is 0.0897. The maximum absolute atomic E-state index is 15.0. The summed E-state index contributed by atoms with van der Waals surface area (Å²) in [7, 11) is 0. The van der Waals surface area contributed by atoms with Gasteiger partial charge in [-0.1, -0.05) is 50.1 Å². The standard InChI is InChI=1S/C34H25F7N2O/c1-2-3-4-5-20-18-42-33(43-19-20)23-9-13-27(29(36)15-23)34(40,41)44-25-10-6-21(7-11-25)22-8-12-26(28(35)14-22)24-16-30(37)32(39)31(38)17-24/h6-19H,2-5H2,1H3. The molecule has 0 aliphatic heterocycles. The van der Waals surface area contributed by atoms with E-state index in [1.807, 2.05) is 0 Å². The van der Waals surface area contributed by atoms with Gasteiger partial charge in [0.1, 0.15) is 17.4 Å². The van der Waals surface area contributed by atoms with Crippen molar-refractivity contribution < 1.29 is 35.5 Å². The molecule has 0 amide bonds. The number of unbranched alkanes of at least 4 members (excludes halogenated alkanes) is 2. The van der Waals surface area contributed by atoms with Gasteiger partial charge in [0.15, 0.2) is 23.3 Å². The third-order valence-electron chi connectivity index (χ3n) is 7.01. The molecule has 0 bridgehead atoms. The molecule has 3 nitrogen and oxygen atoms in total. The maximum atomic E-state index is 15.0. The molecule has 0 radical (unpaired) electrons. The van der Waals surface area contributed by atoms with E-state index in [-0.39, 0.29) is 28.3 Å². The molecular formula is C34H25F7N2O. The van der Waals surface area contributed by atoms with Gasteiger partial charge in [0.05, 0.1) is 5.56 Å². The Bertz CT molecular complexity index is 1750. The summed E-state index contributed by atoms with van der Waals surface area (Å²) in [5, 5.41) is 0. The molecule has 44 heavy (non-hydrogen) atoms. The lowest BCUT2D eigenvalue weighted by atomic mass is 9.99. The Morgan fingerprint density at radius 3 is 1.84 bits per heavy atom. The van der Waals surface area contributed by atoms with Crippen molar-refractivity contribution in [3.05, 3.63) is 125 Å². The molecule has 0 fully saturated rings. The van der Waals surface area contributed by atoms with Crippen LogP contribution in [0.4, 0.5) is 30.7 Å². The minimum Gasteiger partial charge on any atom is -0.429 e. The average Bonchev–Trinajstić information content (AvgIpc) is 3.00. The molecule has 0 saturated carbocycles. The van der Waals surface area contributed by atoms with Gasteiger partial charge in [-0.25, -0.2) is 31.9 Å². The van der Waals surface area contributed by atoms with Crippen LogP contribution in [0.2, 0.25) is 0 Å². The van der Waals surface area contributed by atoms with Crippen LogP contribution in [-0.4, -0.2) is 9.97 Å². The largest absolute Gasteiger partial charge is 0.429 e. The van der Waals surface area contributed by atoms with Gasteiger partial charge in [-0.2, -0.15) is 8.78 Å². The maximum Gasteiger partial charge on any atom is 0.429 e. The van der Waals surface area contributed by atoms with Gasteiger partial charge in [-0.15, -0.1) is 0 Å². The predicted molar refractivity (Wildman–Crippen MR) is 152 cm³/mol. The number of halogens is 7. The number of hydrogen-bond donors (Lipinski definition) is 0. The van der Waals surface area contributed by atoms with Crippen molar-refractivity contribution in [3.8, 4) is 39.4 Å². The summed E-state index contributed by atoms with van der Waals surface area (Å²) in [5.41, 5.74) is 0.572. The van der Waals surface area contributed by atoms with Gasteiger partial charge in [-0.3, -0.25) is 0 Å². The van der Waals surface area contributed by atoms with Crippen LogP contribution in [0, 0.1) is 29.1 Å². The van der Waals surface area contributed by atoms with E-state index in [1.54, 1.807) is 12.4 Å². The monoisotopic (exact) mass is 610 g/mol. The topological polar surface area (TPSA) is 35.0 Å². The van der Waals surface area contributed by atoms with Crippen LogP contribution >= 0.6 is 0 Å². The lowest BCUT2D eigenvalue weighted by Gasteiger charge is -2.19. The first-order chi connectivity index (χ1) is 21.1. The number of ether oxygens (including phenoxy) is 1. The van der Waals surface area contributed by atoms with Crippen LogP contribution in [0.5, 0.6) is 5.75 Å². The molecule has 10 heteroatoms. The predicted octanol–water partition coefficient (Wildman–Crippen LogP) is 10.0. The fourth-order valence-corrected chi connectivity index (χ4v) is 4.66. The van der Waals surface area contributed by atoms with E-state index in [9.17, 15) is 30.7 Å². The van der Waals surface area contributed by atoms with Crippen LogP contribution in [0.3, 0.4) is 0 Å². The zero-order valence-corrected chi connectivity index (χ0v) is 23.4. The molecule has 0 N–H and O–H groups in total.